The maximum atomic E-state index is 3.40. The molecule has 0 aliphatic heterocycles. The van der Waals surface area contributed by atoms with Crippen LogP contribution in [0.5, 0.6) is 0 Å². The molecule has 0 aromatic rings. The summed E-state index contributed by atoms with van der Waals surface area (Å²) in [6.07, 6.45) is 3.50. The van der Waals surface area contributed by atoms with E-state index in [0.717, 1.165) is 11.2 Å². The van der Waals surface area contributed by atoms with E-state index >= 15 is 0 Å². The first kappa shape index (κ1) is 9.22. The van der Waals surface area contributed by atoms with Crippen molar-refractivity contribution >= 4 is 15.9 Å². The van der Waals surface area contributed by atoms with Crippen LogP contribution in [0.2, 0.25) is 0 Å². The summed E-state index contributed by atoms with van der Waals surface area (Å²) in [6, 6.07) is 0. The Labute approximate surface area is 66.5 Å². The topological polar surface area (TPSA) is 0 Å². The van der Waals surface area contributed by atoms with Crippen LogP contribution < -0.4 is 0 Å². The van der Waals surface area contributed by atoms with Gasteiger partial charge in [-0.1, -0.05) is 41.4 Å². The summed E-state index contributed by atoms with van der Waals surface area (Å²) in [5.41, 5.74) is 1.43. The van der Waals surface area contributed by atoms with Gasteiger partial charge in [-0.05, 0) is 19.3 Å². The molecule has 0 fully saturated rings. The lowest BCUT2D eigenvalue weighted by Crippen LogP contribution is -1.84. The Hall–Kier alpha value is 0.220. The second-order valence-corrected chi connectivity index (χ2v) is 3.37. The van der Waals surface area contributed by atoms with Crippen LogP contribution in [0.25, 0.3) is 0 Å². The van der Waals surface area contributed by atoms with Crippen molar-refractivity contribution in [2.24, 2.45) is 5.92 Å². The molecule has 0 N–H and O–H groups in total. The highest BCUT2D eigenvalue weighted by atomic mass is 79.9. The fraction of sp³-hybridized carbons (Fsp3) is 0.750. The SMILES string of the molecule is C/C(=C\CC(C)C)CBr. The van der Waals surface area contributed by atoms with E-state index < -0.39 is 0 Å². The lowest BCUT2D eigenvalue weighted by molar-refractivity contribution is 0.661. The van der Waals surface area contributed by atoms with E-state index in [4.69, 9.17) is 0 Å². The average Bonchev–Trinajstić information content (AvgIpc) is 1.83. The van der Waals surface area contributed by atoms with Gasteiger partial charge in [0.15, 0.2) is 0 Å². The van der Waals surface area contributed by atoms with E-state index in [1.165, 1.54) is 12.0 Å². The van der Waals surface area contributed by atoms with Crippen molar-refractivity contribution in [1.82, 2.24) is 0 Å². The summed E-state index contributed by atoms with van der Waals surface area (Å²) in [6.45, 7) is 6.62. The first-order valence-corrected chi connectivity index (χ1v) is 4.50. The van der Waals surface area contributed by atoms with Crippen molar-refractivity contribution in [1.29, 1.82) is 0 Å². The highest BCUT2D eigenvalue weighted by Crippen LogP contribution is 2.05. The molecule has 9 heavy (non-hydrogen) atoms. The van der Waals surface area contributed by atoms with Crippen molar-refractivity contribution < 1.29 is 0 Å². The number of hydrogen-bond donors (Lipinski definition) is 0. The molecule has 0 bridgehead atoms. The second kappa shape index (κ2) is 5.04. The number of hydrogen-bond acceptors (Lipinski definition) is 0. The van der Waals surface area contributed by atoms with E-state index in [1.54, 1.807) is 0 Å². The van der Waals surface area contributed by atoms with E-state index in [0.29, 0.717) is 0 Å². The molecule has 0 spiro atoms. The molecular weight excluding hydrogens is 176 g/mol. The summed E-state index contributed by atoms with van der Waals surface area (Å²) in [4.78, 5) is 0. The smallest absolute Gasteiger partial charge is 0.0239 e. The minimum Gasteiger partial charge on any atom is -0.0880 e. The van der Waals surface area contributed by atoms with Gasteiger partial charge < -0.3 is 0 Å². The molecule has 0 rings (SSSR count). The zero-order valence-electron chi connectivity index (χ0n) is 6.45. The third-order valence-corrected chi connectivity index (χ3v) is 2.03. The first-order valence-electron chi connectivity index (χ1n) is 3.38. The van der Waals surface area contributed by atoms with Crippen LogP contribution in [0.4, 0.5) is 0 Å². The van der Waals surface area contributed by atoms with Gasteiger partial charge in [-0.25, -0.2) is 0 Å². The van der Waals surface area contributed by atoms with E-state index in [-0.39, 0.29) is 0 Å². The van der Waals surface area contributed by atoms with Crippen LogP contribution in [0.1, 0.15) is 27.2 Å². The largest absolute Gasteiger partial charge is 0.0880 e. The number of alkyl halides is 1. The maximum Gasteiger partial charge on any atom is 0.0239 e. The lowest BCUT2D eigenvalue weighted by Gasteiger charge is -1.98. The van der Waals surface area contributed by atoms with Crippen molar-refractivity contribution in [3.8, 4) is 0 Å². The van der Waals surface area contributed by atoms with Crippen molar-refractivity contribution in [3.63, 3.8) is 0 Å². The van der Waals surface area contributed by atoms with Gasteiger partial charge in [0.1, 0.15) is 0 Å². The quantitative estimate of drug-likeness (QED) is 0.473. The van der Waals surface area contributed by atoms with Gasteiger partial charge in [0.2, 0.25) is 0 Å². The molecule has 0 saturated carbocycles. The Bertz CT molecular complexity index is 92.7. The number of rotatable bonds is 3. The minimum absolute atomic E-state index is 0.791. The summed E-state index contributed by atoms with van der Waals surface area (Å²) < 4.78 is 0. The average molecular weight is 191 g/mol. The van der Waals surface area contributed by atoms with Crippen LogP contribution >= 0.6 is 15.9 Å². The zero-order chi connectivity index (χ0) is 7.28. The second-order valence-electron chi connectivity index (χ2n) is 2.81. The fourth-order valence-electron chi connectivity index (χ4n) is 0.491. The predicted molar refractivity (Wildman–Crippen MR) is 47.0 cm³/mol. The summed E-state index contributed by atoms with van der Waals surface area (Å²) >= 11 is 3.40. The molecular formula is C8H15Br. The van der Waals surface area contributed by atoms with Crippen LogP contribution in [0.15, 0.2) is 11.6 Å². The van der Waals surface area contributed by atoms with Gasteiger partial charge in [-0.3, -0.25) is 0 Å². The molecule has 0 amide bonds. The van der Waals surface area contributed by atoms with Crippen molar-refractivity contribution in [2.45, 2.75) is 27.2 Å². The molecule has 0 aliphatic carbocycles. The van der Waals surface area contributed by atoms with Crippen LogP contribution in [-0.4, -0.2) is 5.33 Å². The monoisotopic (exact) mass is 190 g/mol. The maximum absolute atomic E-state index is 3.40. The van der Waals surface area contributed by atoms with E-state index in [9.17, 15) is 0 Å². The summed E-state index contributed by atoms with van der Waals surface area (Å²) in [7, 11) is 0. The Balaban J connectivity index is 3.43. The molecule has 0 unspecified atom stereocenters. The van der Waals surface area contributed by atoms with Gasteiger partial charge in [-0.2, -0.15) is 0 Å². The summed E-state index contributed by atoms with van der Waals surface area (Å²) in [5, 5.41) is 1.01. The highest BCUT2D eigenvalue weighted by molar-refractivity contribution is 9.09. The van der Waals surface area contributed by atoms with E-state index in [2.05, 4.69) is 42.8 Å². The van der Waals surface area contributed by atoms with Gasteiger partial charge in [0, 0.05) is 5.33 Å². The predicted octanol–water partition coefficient (Wildman–Crippen LogP) is 3.37. The molecule has 0 aromatic heterocycles. The van der Waals surface area contributed by atoms with Gasteiger partial charge in [-0.15, -0.1) is 0 Å². The molecule has 0 nitrogen and oxygen atoms in total. The standard InChI is InChI=1S/C8H15Br/c1-7(2)4-5-8(3)6-9/h5,7H,4,6H2,1-3H3/b8-5+. The Morgan fingerprint density at radius 2 is 2.11 bits per heavy atom. The lowest BCUT2D eigenvalue weighted by atomic mass is 10.1. The molecule has 54 valence electrons. The number of halogens is 1. The molecule has 0 saturated heterocycles. The normalized spacial score (nSPS) is 12.8. The molecule has 0 atom stereocenters. The van der Waals surface area contributed by atoms with Gasteiger partial charge in [0.25, 0.3) is 0 Å². The molecule has 1 heteroatoms. The molecule has 0 heterocycles. The van der Waals surface area contributed by atoms with Crippen molar-refractivity contribution in [3.05, 3.63) is 11.6 Å². The molecule has 0 aromatic carbocycles. The van der Waals surface area contributed by atoms with Gasteiger partial charge >= 0.3 is 0 Å². The molecule has 0 aliphatic rings. The van der Waals surface area contributed by atoms with Crippen LogP contribution in [0, 0.1) is 5.92 Å². The first-order chi connectivity index (χ1) is 4.16. The fourth-order valence-corrected chi connectivity index (χ4v) is 0.720. The third kappa shape index (κ3) is 6.10. The minimum atomic E-state index is 0.791. The van der Waals surface area contributed by atoms with E-state index in [1.807, 2.05) is 0 Å². The zero-order valence-corrected chi connectivity index (χ0v) is 8.03. The van der Waals surface area contributed by atoms with Crippen molar-refractivity contribution in [2.75, 3.05) is 5.33 Å². The Morgan fingerprint density at radius 1 is 1.56 bits per heavy atom. The summed E-state index contributed by atoms with van der Waals surface area (Å²) in [5.74, 6) is 0.791. The highest BCUT2D eigenvalue weighted by Gasteiger charge is 1.89. The number of allylic oxidation sites excluding steroid dienone is 2. The van der Waals surface area contributed by atoms with Crippen LogP contribution in [0.3, 0.4) is 0 Å². The van der Waals surface area contributed by atoms with Gasteiger partial charge in [0.05, 0.1) is 0 Å². The molecule has 0 radical (unpaired) electrons. The van der Waals surface area contributed by atoms with Crippen LogP contribution in [-0.2, 0) is 0 Å². The third-order valence-electron chi connectivity index (χ3n) is 1.15. The Kier molecular flexibility index (Phi) is 5.16. The Morgan fingerprint density at radius 3 is 2.44 bits per heavy atom.